The molecule has 2 aromatic rings. The Morgan fingerprint density at radius 3 is 2.48 bits per heavy atom. The van der Waals surface area contributed by atoms with Crippen LogP contribution in [0.2, 0.25) is 0 Å². The molecular formula is C17H18BrNO5S. The van der Waals surface area contributed by atoms with Crippen molar-refractivity contribution < 1.29 is 23.1 Å². The van der Waals surface area contributed by atoms with Gasteiger partial charge in [-0.1, -0.05) is 28.1 Å². The van der Waals surface area contributed by atoms with Crippen LogP contribution >= 0.6 is 15.9 Å². The normalized spacial score (nSPS) is 12.6. The van der Waals surface area contributed by atoms with Crippen molar-refractivity contribution in [2.75, 3.05) is 7.11 Å². The second-order valence-corrected chi connectivity index (χ2v) is 8.09. The molecule has 0 aliphatic heterocycles. The number of hydrogen-bond donors (Lipinski definition) is 2. The lowest BCUT2D eigenvalue weighted by Crippen LogP contribution is -2.27. The fraction of sp³-hybridized carbons (Fsp3) is 0.235. The van der Waals surface area contributed by atoms with Crippen molar-refractivity contribution in [3.05, 3.63) is 57.6 Å². The highest BCUT2D eigenvalue weighted by molar-refractivity contribution is 9.10. The minimum Gasteiger partial charge on any atom is -0.496 e. The van der Waals surface area contributed by atoms with Gasteiger partial charge in [-0.15, -0.1) is 0 Å². The molecule has 0 radical (unpaired) electrons. The van der Waals surface area contributed by atoms with E-state index >= 15 is 0 Å². The number of rotatable bonds is 6. The van der Waals surface area contributed by atoms with Crippen molar-refractivity contribution in [2.24, 2.45) is 0 Å². The fourth-order valence-electron chi connectivity index (χ4n) is 2.27. The molecule has 25 heavy (non-hydrogen) atoms. The first-order chi connectivity index (χ1) is 11.7. The first-order valence-corrected chi connectivity index (χ1v) is 9.63. The van der Waals surface area contributed by atoms with Crippen LogP contribution in [0.5, 0.6) is 5.75 Å². The van der Waals surface area contributed by atoms with Crippen LogP contribution in [0.4, 0.5) is 0 Å². The van der Waals surface area contributed by atoms with Gasteiger partial charge in [0.05, 0.1) is 12.0 Å². The molecule has 2 aromatic carbocycles. The zero-order chi connectivity index (χ0) is 18.8. The maximum absolute atomic E-state index is 12.5. The van der Waals surface area contributed by atoms with Gasteiger partial charge in [0.1, 0.15) is 11.3 Å². The van der Waals surface area contributed by atoms with E-state index in [2.05, 4.69) is 20.7 Å². The van der Waals surface area contributed by atoms with E-state index < -0.39 is 22.0 Å². The lowest BCUT2D eigenvalue weighted by atomic mass is 10.1. The quantitative estimate of drug-likeness (QED) is 0.735. The summed E-state index contributed by atoms with van der Waals surface area (Å²) in [4.78, 5) is 11.4. The van der Waals surface area contributed by atoms with Crippen LogP contribution in [0.25, 0.3) is 0 Å². The summed E-state index contributed by atoms with van der Waals surface area (Å²) in [5.74, 6) is -0.926. The van der Waals surface area contributed by atoms with Crippen molar-refractivity contribution in [3.63, 3.8) is 0 Å². The number of carboxylic acids is 1. The summed E-state index contributed by atoms with van der Waals surface area (Å²) in [7, 11) is -2.38. The van der Waals surface area contributed by atoms with Crippen LogP contribution < -0.4 is 9.46 Å². The number of halogens is 1. The zero-order valence-electron chi connectivity index (χ0n) is 13.9. The van der Waals surface area contributed by atoms with Crippen molar-refractivity contribution in [3.8, 4) is 5.75 Å². The Balaban J connectivity index is 2.32. The maximum atomic E-state index is 12.5. The molecule has 0 saturated carbocycles. The number of aryl methyl sites for hydroxylation is 1. The molecule has 134 valence electrons. The minimum atomic E-state index is -3.75. The number of nitrogens with one attached hydrogen (secondary N) is 1. The van der Waals surface area contributed by atoms with Crippen molar-refractivity contribution in [1.82, 2.24) is 4.72 Å². The van der Waals surface area contributed by atoms with E-state index in [0.717, 1.165) is 5.56 Å². The van der Waals surface area contributed by atoms with Crippen LogP contribution in [0.15, 0.2) is 45.8 Å². The summed E-state index contributed by atoms with van der Waals surface area (Å²) in [6.45, 7) is 3.51. The lowest BCUT2D eigenvalue weighted by Gasteiger charge is -2.16. The van der Waals surface area contributed by atoms with E-state index in [1.54, 1.807) is 19.1 Å². The molecule has 8 heteroatoms. The van der Waals surface area contributed by atoms with Crippen molar-refractivity contribution in [2.45, 2.75) is 24.8 Å². The molecule has 0 aliphatic carbocycles. The summed E-state index contributed by atoms with van der Waals surface area (Å²) in [6, 6.07) is 8.68. The highest BCUT2D eigenvalue weighted by Crippen LogP contribution is 2.26. The van der Waals surface area contributed by atoms with Gasteiger partial charge in [-0.25, -0.2) is 17.9 Å². The summed E-state index contributed by atoms with van der Waals surface area (Å²) < 4.78 is 33.4. The Labute approximate surface area is 155 Å². The minimum absolute atomic E-state index is 0.0240. The number of ether oxygens (including phenoxy) is 1. The van der Waals surface area contributed by atoms with E-state index in [0.29, 0.717) is 10.0 Å². The average Bonchev–Trinajstić information content (AvgIpc) is 2.56. The van der Waals surface area contributed by atoms with E-state index in [4.69, 9.17) is 4.74 Å². The number of carboxylic acid groups (broad SMARTS) is 1. The van der Waals surface area contributed by atoms with Gasteiger partial charge in [-0.2, -0.15) is 0 Å². The molecule has 0 aromatic heterocycles. The smallest absolute Gasteiger partial charge is 0.339 e. The molecule has 1 atom stereocenters. The average molecular weight is 428 g/mol. The largest absolute Gasteiger partial charge is 0.496 e. The highest BCUT2D eigenvalue weighted by atomic mass is 79.9. The van der Waals surface area contributed by atoms with E-state index in [1.165, 1.54) is 31.4 Å². The summed E-state index contributed by atoms with van der Waals surface area (Å²) >= 11 is 3.32. The molecule has 0 aliphatic rings. The molecule has 2 rings (SSSR count). The van der Waals surface area contributed by atoms with Gasteiger partial charge in [-0.3, -0.25) is 0 Å². The molecule has 6 nitrogen and oxygen atoms in total. The second kappa shape index (κ2) is 7.55. The van der Waals surface area contributed by atoms with Crippen molar-refractivity contribution in [1.29, 1.82) is 0 Å². The molecule has 0 unspecified atom stereocenters. The summed E-state index contributed by atoms with van der Waals surface area (Å²) in [6.07, 6.45) is 0. The first-order valence-electron chi connectivity index (χ1n) is 7.35. The summed E-state index contributed by atoms with van der Waals surface area (Å²) in [5, 5.41) is 9.25. The highest BCUT2D eigenvalue weighted by Gasteiger charge is 2.21. The Bertz CT molecular complexity index is 911. The molecule has 0 fully saturated rings. The number of sulfonamides is 1. The maximum Gasteiger partial charge on any atom is 0.339 e. The molecule has 0 amide bonds. The Hall–Kier alpha value is -1.90. The van der Waals surface area contributed by atoms with Gasteiger partial charge >= 0.3 is 5.97 Å². The van der Waals surface area contributed by atoms with Crippen LogP contribution in [-0.4, -0.2) is 26.6 Å². The molecule has 0 saturated heterocycles. The van der Waals surface area contributed by atoms with Crippen molar-refractivity contribution >= 4 is 31.9 Å². The summed E-state index contributed by atoms with van der Waals surface area (Å²) in [5.41, 5.74) is 1.42. The van der Waals surface area contributed by atoms with Crippen LogP contribution in [0.1, 0.15) is 34.5 Å². The lowest BCUT2D eigenvalue weighted by molar-refractivity contribution is 0.0693. The van der Waals surface area contributed by atoms with E-state index in [1.807, 2.05) is 6.92 Å². The van der Waals surface area contributed by atoms with Crippen LogP contribution in [-0.2, 0) is 10.0 Å². The SMILES string of the molecule is COc1ccc([C@H](C)NS(=O)(=O)c2ccc(C)c(Br)c2)cc1C(=O)O. The first kappa shape index (κ1) is 19.4. The predicted molar refractivity (Wildman–Crippen MR) is 97.6 cm³/mol. The number of aromatic carboxylic acids is 1. The number of benzene rings is 2. The fourth-order valence-corrected chi connectivity index (χ4v) is 4.06. The van der Waals surface area contributed by atoms with E-state index in [9.17, 15) is 18.3 Å². The molecule has 0 heterocycles. The van der Waals surface area contributed by atoms with Gasteiger partial charge in [0, 0.05) is 10.5 Å². The van der Waals surface area contributed by atoms with E-state index in [-0.39, 0.29) is 16.2 Å². The van der Waals surface area contributed by atoms with Gasteiger partial charge in [0.2, 0.25) is 10.0 Å². The topological polar surface area (TPSA) is 92.7 Å². The van der Waals surface area contributed by atoms with Gasteiger partial charge in [0.25, 0.3) is 0 Å². The molecule has 2 N–H and O–H groups in total. The Morgan fingerprint density at radius 1 is 1.24 bits per heavy atom. The Kier molecular flexibility index (Phi) is 5.87. The standard InChI is InChI=1S/C17H18BrNO5S/c1-10-4-6-13(9-15(10)18)25(22,23)19-11(2)12-5-7-16(24-3)14(8-12)17(20)21/h4-9,11,19H,1-3H3,(H,20,21)/t11-/m0/s1. The number of carbonyl (C=O) groups is 1. The van der Waals surface area contributed by atoms with Gasteiger partial charge in [0.15, 0.2) is 0 Å². The zero-order valence-corrected chi connectivity index (χ0v) is 16.3. The van der Waals surface area contributed by atoms with Gasteiger partial charge < -0.3 is 9.84 Å². The molecular weight excluding hydrogens is 410 g/mol. The monoisotopic (exact) mass is 427 g/mol. The third kappa shape index (κ3) is 4.39. The number of methoxy groups -OCH3 is 1. The van der Waals surface area contributed by atoms with Crippen LogP contribution in [0, 0.1) is 6.92 Å². The molecule has 0 spiro atoms. The third-order valence-corrected chi connectivity index (χ3v) is 6.13. The van der Waals surface area contributed by atoms with Gasteiger partial charge in [-0.05, 0) is 49.2 Å². The molecule has 0 bridgehead atoms. The van der Waals surface area contributed by atoms with Crippen LogP contribution in [0.3, 0.4) is 0 Å². The Morgan fingerprint density at radius 2 is 1.92 bits per heavy atom. The second-order valence-electron chi connectivity index (χ2n) is 5.52. The third-order valence-electron chi connectivity index (χ3n) is 3.74. The number of hydrogen-bond acceptors (Lipinski definition) is 4. The predicted octanol–water partition coefficient (Wildman–Crippen LogP) is 3.50.